The minimum atomic E-state index is -0.278. The maximum Gasteiger partial charge on any atom is 0.258 e. The highest BCUT2D eigenvalue weighted by Crippen LogP contribution is 2.31. The van der Waals surface area contributed by atoms with Crippen molar-refractivity contribution < 1.29 is 4.79 Å². The summed E-state index contributed by atoms with van der Waals surface area (Å²) in [6, 6.07) is 6.51. The van der Waals surface area contributed by atoms with Gasteiger partial charge in [0.1, 0.15) is 5.03 Å². The number of anilines is 2. The van der Waals surface area contributed by atoms with Crippen LogP contribution in [0.1, 0.15) is 10.4 Å². The van der Waals surface area contributed by atoms with Crippen molar-refractivity contribution in [1.29, 1.82) is 0 Å². The number of nitrogens with two attached hydrogens (primary N) is 1. The number of thioether (sulfide) groups is 1. The average molecular weight is 328 g/mol. The van der Waals surface area contributed by atoms with Crippen molar-refractivity contribution >= 4 is 52.2 Å². The molecule has 3 N–H and O–H groups in total. The van der Waals surface area contributed by atoms with Crippen LogP contribution < -0.4 is 11.1 Å². The number of pyridine rings is 1. The molecule has 0 aliphatic rings. The lowest BCUT2D eigenvalue weighted by Crippen LogP contribution is -2.13. The molecule has 0 saturated heterocycles. The quantitative estimate of drug-likeness (QED) is 0.661. The van der Waals surface area contributed by atoms with E-state index >= 15 is 0 Å². The summed E-state index contributed by atoms with van der Waals surface area (Å²) >= 11 is 13.3. The summed E-state index contributed by atoms with van der Waals surface area (Å²) in [6.45, 7) is 0. The lowest BCUT2D eigenvalue weighted by Gasteiger charge is -2.10. The Bertz CT molecular complexity index is 641. The number of halogens is 2. The summed E-state index contributed by atoms with van der Waals surface area (Å²) in [5, 5.41) is 3.97. The van der Waals surface area contributed by atoms with Crippen molar-refractivity contribution in [2.75, 3.05) is 17.3 Å². The normalized spacial score (nSPS) is 10.3. The first-order valence-electron chi connectivity index (χ1n) is 5.57. The molecule has 0 aliphatic heterocycles. The Labute approximate surface area is 130 Å². The molecule has 104 valence electrons. The van der Waals surface area contributed by atoms with E-state index in [9.17, 15) is 4.79 Å². The lowest BCUT2D eigenvalue weighted by atomic mass is 10.2. The highest BCUT2D eigenvalue weighted by Gasteiger charge is 2.13. The standard InChI is InChI=1S/C13H11Cl2N3OS/c1-20-13-8(3-2-4-17-13)12(19)18-7-5-9(14)11(16)10(15)6-7/h2-6H,16H2,1H3,(H,18,19). The Kier molecular flexibility index (Phi) is 4.75. The van der Waals surface area contributed by atoms with Crippen LogP contribution in [0.15, 0.2) is 35.5 Å². The van der Waals surface area contributed by atoms with Gasteiger partial charge in [-0.1, -0.05) is 23.2 Å². The second kappa shape index (κ2) is 6.35. The molecule has 0 fully saturated rings. The maximum absolute atomic E-state index is 12.2. The number of carbonyl (C=O) groups is 1. The number of carbonyl (C=O) groups excluding carboxylic acids is 1. The molecule has 0 aliphatic carbocycles. The van der Waals surface area contributed by atoms with E-state index in [1.165, 1.54) is 11.8 Å². The van der Waals surface area contributed by atoms with Gasteiger partial charge in [-0.3, -0.25) is 4.79 Å². The summed E-state index contributed by atoms with van der Waals surface area (Å²) < 4.78 is 0. The number of amides is 1. The molecule has 0 bridgehead atoms. The zero-order valence-corrected chi connectivity index (χ0v) is 12.8. The maximum atomic E-state index is 12.2. The fourth-order valence-electron chi connectivity index (χ4n) is 1.58. The van der Waals surface area contributed by atoms with E-state index in [-0.39, 0.29) is 11.6 Å². The van der Waals surface area contributed by atoms with E-state index in [0.29, 0.717) is 26.3 Å². The summed E-state index contributed by atoms with van der Waals surface area (Å²) in [5.41, 5.74) is 6.91. The Morgan fingerprint density at radius 3 is 2.60 bits per heavy atom. The highest BCUT2D eigenvalue weighted by molar-refractivity contribution is 7.98. The van der Waals surface area contributed by atoms with Gasteiger partial charge in [0, 0.05) is 11.9 Å². The van der Waals surface area contributed by atoms with Crippen molar-refractivity contribution in [2.24, 2.45) is 0 Å². The minimum Gasteiger partial charge on any atom is -0.396 e. The van der Waals surface area contributed by atoms with Crippen LogP contribution in [0.5, 0.6) is 0 Å². The lowest BCUT2D eigenvalue weighted by molar-refractivity contribution is 0.102. The smallest absolute Gasteiger partial charge is 0.258 e. The van der Waals surface area contributed by atoms with Crippen molar-refractivity contribution in [3.8, 4) is 0 Å². The van der Waals surface area contributed by atoms with Crippen LogP contribution in [-0.2, 0) is 0 Å². The molecule has 1 aromatic heterocycles. The predicted octanol–water partition coefficient (Wildman–Crippen LogP) is 3.94. The van der Waals surface area contributed by atoms with E-state index in [2.05, 4.69) is 10.3 Å². The number of rotatable bonds is 3. The van der Waals surface area contributed by atoms with Gasteiger partial charge in [-0.05, 0) is 30.5 Å². The fraction of sp³-hybridized carbons (Fsp3) is 0.0769. The second-order valence-electron chi connectivity index (χ2n) is 3.87. The molecule has 2 aromatic rings. The zero-order valence-electron chi connectivity index (χ0n) is 10.5. The molecular formula is C13H11Cl2N3OS. The second-order valence-corrected chi connectivity index (χ2v) is 5.48. The molecule has 0 spiro atoms. The third-order valence-corrected chi connectivity index (χ3v) is 3.88. The molecule has 2 rings (SSSR count). The molecule has 0 saturated carbocycles. The first-order chi connectivity index (χ1) is 9.52. The first kappa shape index (κ1) is 15.0. The number of nitrogen functional groups attached to an aromatic ring is 1. The van der Waals surface area contributed by atoms with Crippen LogP contribution in [-0.4, -0.2) is 17.1 Å². The van der Waals surface area contributed by atoms with Crippen LogP contribution in [0.2, 0.25) is 10.0 Å². The molecule has 1 amide bonds. The van der Waals surface area contributed by atoms with Gasteiger partial charge in [0.05, 0.1) is 21.3 Å². The number of nitrogens with zero attached hydrogens (tertiary/aromatic N) is 1. The molecular weight excluding hydrogens is 317 g/mol. The van der Waals surface area contributed by atoms with Gasteiger partial charge < -0.3 is 11.1 Å². The molecule has 4 nitrogen and oxygen atoms in total. The summed E-state index contributed by atoms with van der Waals surface area (Å²) in [4.78, 5) is 16.4. The minimum absolute atomic E-state index is 0.278. The van der Waals surface area contributed by atoms with Crippen LogP contribution in [0.4, 0.5) is 11.4 Å². The number of hydrogen-bond donors (Lipinski definition) is 2. The van der Waals surface area contributed by atoms with Crippen molar-refractivity contribution in [1.82, 2.24) is 4.98 Å². The SMILES string of the molecule is CSc1ncccc1C(=O)Nc1cc(Cl)c(N)c(Cl)c1. The Hall–Kier alpha value is -1.43. The molecule has 0 atom stereocenters. The van der Waals surface area contributed by atoms with Crippen molar-refractivity contribution in [3.05, 3.63) is 46.1 Å². The average Bonchev–Trinajstić information content (AvgIpc) is 2.44. The monoisotopic (exact) mass is 327 g/mol. The van der Waals surface area contributed by atoms with E-state index in [1.807, 2.05) is 6.26 Å². The first-order valence-corrected chi connectivity index (χ1v) is 7.56. The summed E-state index contributed by atoms with van der Waals surface area (Å²) in [5.74, 6) is -0.278. The molecule has 7 heteroatoms. The highest BCUT2D eigenvalue weighted by atomic mass is 35.5. The van der Waals surface area contributed by atoms with Gasteiger partial charge in [0.25, 0.3) is 5.91 Å². The van der Waals surface area contributed by atoms with Crippen LogP contribution in [0, 0.1) is 0 Å². The molecule has 20 heavy (non-hydrogen) atoms. The van der Waals surface area contributed by atoms with Gasteiger partial charge in [0.2, 0.25) is 0 Å². The molecule has 0 unspecified atom stereocenters. The van der Waals surface area contributed by atoms with Gasteiger partial charge in [-0.15, -0.1) is 11.8 Å². The molecule has 1 heterocycles. The van der Waals surface area contributed by atoms with E-state index < -0.39 is 0 Å². The number of hydrogen-bond acceptors (Lipinski definition) is 4. The summed E-state index contributed by atoms with van der Waals surface area (Å²) in [6.07, 6.45) is 3.50. The van der Waals surface area contributed by atoms with Gasteiger partial charge in [-0.2, -0.15) is 0 Å². The zero-order chi connectivity index (χ0) is 14.7. The Balaban J connectivity index is 2.28. The number of benzene rings is 1. The molecule has 0 radical (unpaired) electrons. The topological polar surface area (TPSA) is 68.0 Å². The number of nitrogens with one attached hydrogen (secondary N) is 1. The third-order valence-electron chi connectivity index (χ3n) is 2.55. The fourth-order valence-corrected chi connectivity index (χ4v) is 2.62. The predicted molar refractivity (Wildman–Crippen MR) is 84.8 cm³/mol. The van der Waals surface area contributed by atoms with Crippen LogP contribution in [0.3, 0.4) is 0 Å². The van der Waals surface area contributed by atoms with Crippen LogP contribution >= 0.6 is 35.0 Å². The third kappa shape index (κ3) is 3.17. The van der Waals surface area contributed by atoms with Gasteiger partial charge in [-0.25, -0.2) is 4.98 Å². The van der Waals surface area contributed by atoms with E-state index in [1.54, 1.807) is 30.5 Å². The largest absolute Gasteiger partial charge is 0.396 e. The van der Waals surface area contributed by atoms with Crippen molar-refractivity contribution in [3.63, 3.8) is 0 Å². The van der Waals surface area contributed by atoms with Crippen molar-refractivity contribution in [2.45, 2.75) is 5.03 Å². The Morgan fingerprint density at radius 1 is 1.35 bits per heavy atom. The van der Waals surface area contributed by atoms with E-state index in [4.69, 9.17) is 28.9 Å². The van der Waals surface area contributed by atoms with Gasteiger partial charge in [0.15, 0.2) is 0 Å². The summed E-state index contributed by atoms with van der Waals surface area (Å²) in [7, 11) is 0. The Morgan fingerprint density at radius 2 is 2.00 bits per heavy atom. The van der Waals surface area contributed by atoms with Crippen LogP contribution in [0.25, 0.3) is 0 Å². The number of aromatic nitrogens is 1. The molecule has 1 aromatic carbocycles. The van der Waals surface area contributed by atoms with Gasteiger partial charge >= 0.3 is 0 Å². The van der Waals surface area contributed by atoms with E-state index in [0.717, 1.165) is 0 Å².